The first-order valence-electron chi connectivity index (χ1n) is 8.12. The van der Waals surface area contributed by atoms with Crippen LogP contribution in [0.3, 0.4) is 0 Å². The van der Waals surface area contributed by atoms with E-state index in [0.717, 1.165) is 57.1 Å². The van der Waals surface area contributed by atoms with Crippen molar-refractivity contribution in [1.29, 1.82) is 0 Å². The van der Waals surface area contributed by atoms with Crippen molar-refractivity contribution < 1.29 is 4.79 Å². The van der Waals surface area contributed by atoms with E-state index in [0.29, 0.717) is 0 Å². The predicted octanol–water partition coefficient (Wildman–Crippen LogP) is 1.47. The Kier molecular flexibility index (Phi) is 3.37. The fourth-order valence-corrected chi connectivity index (χ4v) is 3.64. The average Bonchev–Trinajstić information content (AvgIpc) is 2.95. The summed E-state index contributed by atoms with van der Waals surface area (Å²) < 4.78 is 0. The van der Waals surface area contributed by atoms with Crippen LogP contribution in [0.5, 0.6) is 0 Å². The van der Waals surface area contributed by atoms with Crippen LogP contribution in [-0.2, 0) is 11.3 Å². The van der Waals surface area contributed by atoms with Gasteiger partial charge in [0.2, 0.25) is 5.91 Å². The Bertz CT molecular complexity index is 619. The number of amidine groups is 1. The summed E-state index contributed by atoms with van der Waals surface area (Å²) in [6.45, 7) is 4.47. The summed E-state index contributed by atoms with van der Waals surface area (Å²) in [4.78, 5) is 24.2. The van der Waals surface area contributed by atoms with Crippen LogP contribution in [-0.4, -0.2) is 65.7 Å². The van der Waals surface area contributed by atoms with Gasteiger partial charge >= 0.3 is 0 Å². The Morgan fingerprint density at radius 1 is 1.18 bits per heavy atom. The molecule has 0 unspecified atom stereocenters. The SMILES string of the molecule is CN1CCN(C(=O)[C@@H]2CCC3=Nc4ccccc4CN32)CC1. The molecule has 22 heavy (non-hydrogen) atoms. The highest BCUT2D eigenvalue weighted by atomic mass is 16.2. The van der Waals surface area contributed by atoms with Crippen molar-refractivity contribution in [2.24, 2.45) is 4.99 Å². The van der Waals surface area contributed by atoms with E-state index in [-0.39, 0.29) is 11.9 Å². The van der Waals surface area contributed by atoms with Crippen molar-refractivity contribution in [2.45, 2.75) is 25.4 Å². The minimum Gasteiger partial charge on any atom is -0.344 e. The molecule has 0 aromatic heterocycles. The number of hydrogen-bond donors (Lipinski definition) is 0. The molecule has 2 saturated heterocycles. The second-order valence-electron chi connectivity index (χ2n) is 6.47. The van der Waals surface area contributed by atoms with Gasteiger partial charge in [-0.3, -0.25) is 4.79 Å². The van der Waals surface area contributed by atoms with Gasteiger partial charge < -0.3 is 14.7 Å². The van der Waals surface area contributed by atoms with Crippen LogP contribution in [0.25, 0.3) is 0 Å². The summed E-state index contributed by atoms with van der Waals surface area (Å²) in [6.07, 6.45) is 1.82. The third-order valence-corrected chi connectivity index (χ3v) is 5.03. The first-order valence-corrected chi connectivity index (χ1v) is 8.12. The third-order valence-electron chi connectivity index (χ3n) is 5.03. The number of likely N-dealkylation sites (N-methyl/N-ethyl adjacent to an activating group) is 1. The number of piperazine rings is 1. The van der Waals surface area contributed by atoms with E-state index in [2.05, 4.69) is 29.0 Å². The predicted molar refractivity (Wildman–Crippen MR) is 86.2 cm³/mol. The molecule has 4 rings (SSSR count). The maximum absolute atomic E-state index is 12.9. The van der Waals surface area contributed by atoms with Gasteiger partial charge in [-0.2, -0.15) is 0 Å². The van der Waals surface area contributed by atoms with Crippen LogP contribution in [0, 0.1) is 0 Å². The van der Waals surface area contributed by atoms with Crippen LogP contribution >= 0.6 is 0 Å². The van der Waals surface area contributed by atoms with Gasteiger partial charge in [0.15, 0.2) is 0 Å². The maximum atomic E-state index is 12.9. The van der Waals surface area contributed by atoms with E-state index in [9.17, 15) is 4.79 Å². The zero-order valence-corrected chi connectivity index (χ0v) is 13.0. The topological polar surface area (TPSA) is 39.1 Å². The van der Waals surface area contributed by atoms with Crippen molar-refractivity contribution >= 4 is 17.4 Å². The van der Waals surface area contributed by atoms with E-state index in [1.807, 2.05) is 17.0 Å². The second kappa shape index (κ2) is 5.39. The molecule has 3 aliphatic rings. The Morgan fingerprint density at radius 3 is 2.77 bits per heavy atom. The van der Waals surface area contributed by atoms with E-state index in [1.54, 1.807) is 0 Å². The zero-order chi connectivity index (χ0) is 15.1. The van der Waals surface area contributed by atoms with Crippen LogP contribution in [0.1, 0.15) is 18.4 Å². The largest absolute Gasteiger partial charge is 0.344 e. The highest BCUT2D eigenvalue weighted by Crippen LogP contribution is 2.33. The van der Waals surface area contributed by atoms with Gasteiger partial charge in [-0.25, -0.2) is 4.99 Å². The average molecular weight is 298 g/mol. The summed E-state index contributed by atoms with van der Waals surface area (Å²) in [5.41, 5.74) is 2.30. The summed E-state index contributed by atoms with van der Waals surface area (Å²) in [5, 5.41) is 0. The summed E-state index contributed by atoms with van der Waals surface area (Å²) >= 11 is 0. The molecule has 1 amide bonds. The van der Waals surface area contributed by atoms with Crippen molar-refractivity contribution in [3.63, 3.8) is 0 Å². The number of benzene rings is 1. The number of carbonyl (C=O) groups is 1. The fraction of sp³-hybridized carbons (Fsp3) is 0.529. The summed E-state index contributed by atoms with van der Waals surface area (Å²) in [7, 11) is 2.11. The normalized spacial score (nSPS) is 24.8. The van der Waals surface area contributed by atoms with Crippen molar-refractivity contribution in [1.82, 2.24) is 14.7 Å². The van der Waals surface area contributed by atoms with Crippen molar-refractivity contribution in [3.8, 4) is 0 Å². The molecule has 3 aliphatic heterocycles. The quantitative estimate of drug-likeness (QED) is 0.788. The molecule has 0 spiro atoms. The molecule has 1 aromatic carbocycles. The lowest BCUT2D eigenvalue weighted by molar-refractivity contribution is -0.137. The fourth-order valence-electron chi connectivity index (χ4n) is 3.64. The van der Waals surface area contributed by atoms with Crippen molar-refractivity contribution in [3.05, 3.63) is 29.8 Å². The number of fused-ring (bicyclic) bond motifs is 2. The van der Waals surface area contributed by atoms with E-state index in [4.69, 9.17) is 4.99 Å². The molecule has 0 bridgehead atoms. The summed E-state index contributed by atoms with van der Waals surface area (Å²) in [5.74, 6) is 1.38. The maximum Gasteiger partial charge on any atom is 0.245 e. The van der Waals surface area contributed by atoms with Crippen LogP contribution in [0.15, 0.2) is 29.3 Å². The smallest absolute Gasteiger partial charge is 0.245 e. The molecule has 5 nitrogen and oxygen atoms in total. The zero-order valence-electron chi connectivity index (χ0n) is 13.0. The lowest BCUT2D eigenvalue weighted by Gasteiger charge is -2.37. The molecule has 0 saturated carbocycles. The first-order chi connectivity index (χ1) is 10.7. The lowest BCUT2D eigenvalue weighted by atomic mass is 10.1. The minimum absolute atomic E-state index is 0.0180. The van der Waals surface area contributed by atoms with E-state index < -0.39 is 0 Å². The van der Waals surface area contributed by atoms with Gasteiger partial charge in [0.05, 0.1) is 5.69 Å². The highest BCUT2D eigenvalue weighted by Gasteiger charge is 2.39. The first kappa shape index (κ1) is 13.8. The molecule has 0 N–H and O–H groups in total. The van der Waals surface area contributed by atoms with Gasteiger partial charge in [0.25, 0.3) is 0 Å². The number of amides is 1. The van der Waals surface area contributed by atoms with E-state index >= 15 is 0 Å². The molecule has 116 valence electrons. The standard InChI is InChI=1S/C17H22N4O/c1-19-8-10-20(11-9-19)17(22)15-6-7-16-18-14-5-3-2-4-13(14)12-21(15)16/h2-5,15H,6-12H2,1H3/t15-/m0/s1. The molecule has 0 radical (unpaired) electrons. The van der Waals surface area contributed by atoms with Crippen LogP contribution in [0.2, 0.25) is 0 Å². The molecule has 1 atom stereocenters. The number of rotatable bonds is 1. The summed E-state index contributed by atoms with van der Waals surface area (Å²) in [6, 6.07) is 8.24. The van der Waals surface area contributed by atoms with Gasteiger partial charge in [0.1, 0.15) is 11.9 Å². The molecule has 5 heteroatoms. The van der Waals surface area contributed by atoms with Gasteiger partial charge in [-0.1, -0.05) is 18.2 Å². The molecular weight excluding hydrogens is 276 g/mol. The van der Waals surface area contributed by atoms with Gasteiger partial charge in [-0.05, 0) is 25.1 Å². The number of nitrogens with zero attached hydrogens (tertiary/aromatic N) is 4. The highest BCUT2D eigenvalue weighted by molar-refractivity contribution is 5.95. The number of para-hydroxylation sites is 1. The Hall–Kier alpha value is -1.88. The number of hydrogen-bond acceptors (Lipinski definition) is 4. The van der Waals surface area contributed by atoms with Crippen LogP contribution < -0.4 is 0 Å². The number of carbonyl (C=O) groups excluding carboxylic acids is 1. The number of aliphatic imine (C=N–C) groups is 1. The molecule has 1 aromatic rings. The molecule has 2 fully saturated rings. The molecule has 3 heterocycles. The Balaban J connectivity index is 1.53. The van der Waals surface area contributed by atoms with Gasteiger partial charge in [-0.15, -0.1) is 0 Å². The Labute approximate surface area is 131 Å². The lowest BCUT2D eigenvalue weighted by Crippen LogP contribution is -2.53. The monoisotopic (exact) mass is 298 g/mol. The molecule has 0 aliphatic carbocycles. The Morgan fingerprint density at radius 2 is 1.95 bits per heavy atom. The molecular formula is C17H22N4O. The third kappa shape index (κ3) is 2.29. The van der Waals surface area contributed by atoms with Crippen LogP contribution in [0.4, 0.5) is 5.69 Å². The van der Waals surface area contributed by atoms with Crippen molar-refractivity contribution in [2.75, 3.05) is 33.2 Å². The van der Waals surface area contributed by atoms with Gasteiger partial charge in [0, 0.05) is 39.1 Å². The van der Waals surface area contributed by atoms with E-state index in [1.165, 1.54) is 5.56 Å². The second-order valence-corrected chi connectivity index (χ2v) is 6.47. The minimum atomic E-state index is -0.0180.